The van der Waals surface area contributed by atoms with Gasteiger partial charge < -0.3 is 64.9 Å². The molecule has 13 nitrogen and oxygen atoms in total. The van der Waals surface area contributed by atoms with Crippen LogP contribution in [0.25, 0.3) is 0 Å². The first-order valence-electron chi connectivity index (χ1n) is 19.8. The Morgan fingerprint density at radius 1 is 0.827 bits per heavy atom. The highest BCUT2D eigenvalue weighted by atomic mass is 16.7. The third-order valence-electron chi connectivity index (χ3n) is 14.7. The minimum Gasteiger partial charge on any atom is -0.394 e. The molecule has 300 valence electrons. The van der Waals surface area contributed by atoms with Crippen LogP contribution >= 0.6 is 0 Å². The molecule has 6 aliphatic rings. The SMILES string of the molecule is CC(C)CCC(O)C(C)C1C(OC2OC(CO)C(O)C(O)C2O)CC2C3CC=C4CC(O)CC(OC5OC(C)C(O)C(O)C5O)C4(C)C3CCC21C. The standard InChI is InChI=1S/C39H66O13/c1-17(2)7-10-25(42)18(3)29-26(50-37-35(48)33(46)31(44)27(16-40)51-37)15-24-22-9-8-20-13-21(41)14-28(39(20,6)23(22)11-12-38(24,29)5)52-36-34(47)32(45)30(43)19(4)49-36/h8,17-19,21-37,40-48H,7,9-16H2,1-6H3. The zero-order valence-corrected chi connectivity index (χ0v) is 31.6. The summed E-state index contributed by atoms with van der Waals surface area (Å²) in [6.07, 6.45) is -7.68. The number of aliphatic hydroxyl groups is 9. The fourth-order valence-corrected chi connectivity index (χ4v) is 11.6. The van der Waals surface area contributed by atoms with Crippen LogP contribution in [-0.4, -0.2) is 138 Å². The highest BCUT2D eigenvalue weighted by Crippen LogP contribution is 2.68. The molecule has 4 aliphatic carbocycles. The van der Waals surface area contributed by atoms with Gasteiger partial charge in [0.1, 0.15) is 42.7 Å². The number of ether oxygens (including phenoxy) is 4. The molecule has 2 saturated heterocycles. The van der Waals surface area contributed by atoms with E-state index in [9.17, 15) is 46.0 Å². The normalized spacial score (nSPS) is 52.0. The summed E-state index contributed by atoms with van der Waals surface area (Å²) in [5.74, 6) is 0.552. The minimum absolute atomic E-state index is 0.126. The lowest BCUT2D eigenvalue weighted by Gasteiger charge is -2.60. The lowest BCUT2D eigenvalue weighted by atomic mass is 9.46. The van der Waals surface area contributed by atoms with E-state index in [2.05, 4.69) is 40.7 Å². The Bertz CT molecular complexity index is 1250. The Labute approximate surface area is 307 Å². The van der Waals surface area contributed by atoms with Gasteiger partial charge in [-0.15, -0.1) is 0 Å². The lowest BCUT2D eigenvalue weighted by Crippen LogP contribution is -2.61. The molecule has 0 amide bonds. The summed E-state index contributed by atoms with van der Waals surface area (Å²) in [5.41, 5.74) is 0.314. The van der Waals surface area contributed by atoms with Crippen LogP contribution in [0.1, 0.15) is 92.9 Å². The van der Waals surface area contributed by atoms with Crippen molar-refractivity contribution in [3.05, 3.63) is 11.6 Å². The van der Waals surface area contributed by atoms with Crippen LogP contribution in [0, 0.1) is 46.3 Å². The average Bonchev–Trinajstić information content (AvgIpc) is 3.40. The molecule has 0 aromatic carbocycles. The monoisotopic (exact) mass is 742 g/mol. The van der Waals surface area contributed by atoms with Gasteiger partial charge in [0.15, 0.2) is 12.6 Å². The first-order valence-corrected chi connectivity index (χ1v) is 19.8. The van der Waals surface area contributed by atoms with Gasteiger partial charge in [-0.25, -0.2) is 0 Å². The van der Waals surface area contributed by atoms with Crippen LogP contribution in [-0.2, 0) is 18.9 Å². The van der Waals surface area contributed by atoms with Crippen LogP contribution in [0.4, 0.5) is 0 Å². The fraction of sp³-hybridized carbons (Fsp3) is 0.949. The van der Waals surface area contributed by atoms with Gasteiger partial charge in [0.25, 0.3) is 0 Å². The highest BCUT2D eigenvalue weighted by molar-refractivity contribution is 5.28. The molecule has 21 unspecified atom stereocenters. The molecule has 0 aromatic rings. The number of fused-ring (bicyclic) bond motifs is 5. The van der Waals surface area contributed by atoms with Crippen molar-refractivity contribution in [2.45, 2.75) is 179 Å². The Kier molecular flexibility index (Phi) is 12.3. The van der Waals surface area contributed by atoms with Crippen molar-refractivity contribution in [3.8, 4) is 0 Å². The van der Waals surface area contributed by atoms with Crippen LogP contribution < -0.4 is 0 Å². The quantitative estimate of drug-likeness (QED) is 0.143. The van der Waals surface area contributed by atoms with Crippen molar-refractivity contribution in [1.29, 1.82) is 0 Å². The molecule has 0 spiro atoms. The van der Waals surface area contributed by atoms with Crippen LogP contribution in [0.15, 0.2) is 11.6 Å². The molecule has 5 fully saturated rings. The summed E-state index contributed by atoms with van der Waals surface area (Å²) >= 11 is 0. The van der Waals surface area contributed by atoms with E-state index < -0.39 is 97.8 Å². The molecule has 13 heteroatoms. The maximum atomic E-state index is 11.6. The number of aliphatic hydroxyl groups excluding tert-OH is 9. The maximum absolute atomic E-state index is 11.6. The summed E-state index contributed by atoms with van der Waals surface area (Å²) in [7, 11) is 0. The van der Waals surface area contributed by atoms with E-state index in [1.54, 1.807) is 6.92 Å². The van der Waals surface area contributed by atoms with Crippen molar-refractivity contribution in [3.63, 3.8) is 0 Å². The first kappa shape index (κ1) is 40.9. The molecular formula is C39H66O13. The van der Waals surface area contributed by atoms with Gasteiger partial charge in [0, 0.05) is 11.8 Å². The lowest BCUT2D eigenvalue weighted by molar-refractivity contribution is -0.318. The van der Waals surface area contributed by atoms with E-state index in [0.29, 0.717) is 31.6 Å². The van der Waals surface area contributed by atoms with Gasteiger partial charge >= 0.3 is 0 Å². The van der Waals surface area contributed by atoms with Crippen molar-refractivity contribution >= 4 is 0 Å². The van der Waals surface area contributed by atoms with Crippen molar-refractivity contribution in [2.24, 2.45) is 46.3 Å². The van der Waals surface area contributed by atoms with Crippen molar-refractivity contribution in [1.82, 2.24) is 0 Å². The molecule has 0 bridgehead atoms. The first-order chi connectivity index (χ1) is 24.4. The van der Waals surface area contributed by atoms with Gasteiger partial charge in [-0.3, -0.25) is 0 Å². The number of hydrogen-bond donors (Lipinski definition) is 9. The van der Waals surface area contributed by atoms with E-state index in [1.807, 2.05) is 0 Å². The molecule has 0 aromatic heterocycles. The Balaban J connectivity index is 1.31. The summed E-state index contributed by atoms with van der Waals surface area (Å²) in [5, 5.41) is 96.3. The molecule has 52 heavy (non-hydrogen) atoms. The summed E-state index contributed by atoms with van der Waals surface area (Å²) < 4.78 is 24.9. The third kappa shape index (κ3) is 7.07. The fourth-order valence-electron chi connectivity index (χ4n) is 11.6. The molecule has 6 rings (SSSR count). The topological polar surface area (TPSA) is 219 Å². The van der Waals surface area contributed by atoms with E-state index in [4.69, 9.17) is 18.9 Å². The van der Waals surface area contributed by atoms with Gasteiger partial charge in [-0.05, 0) is 92.8 Å². The second-order valence-electron chi connectivity index (χ2n) is 18.1. The molecular weight excluding hydrogens is 676 g/mol. The Hall–Kier alpha value is -0.780. The van der Waals surface area contributed by atoms with Crippen molar-refractivity contribution in [2.75, 3.05) is 6.61 Å². The molecule has 2 heterocycles. The number of hydrogen-bond acceptors (Lipinski definition) is 13. The van der Waals surface area contributed by atoms with E-state index in [-0.39, 0.29) is 35.0 Å². The van der Waals surface area contributed by atoms with Crippen LogP contribution in [0.3, 0.4) is 0 Å². The van der Waals surface area contributed by atoms with Crippen molar-refractivity contribution < 1.29 is 64.9 Å². The van der Waals surface area contributed by atoms with Gasteiger partial charge in [-0.2, -0.15) is 0 Å². The van der Waals surface area contributed by atoms with Crippen LogP contribution in [0.2, 0.25) is 0 Å². The number of rotatable bonds is 10. The molecule has 21 atom stereocenters. The molecule has 3 saturated carbocycles. The molecule has 9 N–H and O–H groups in total. The Morgan fingerprint density at radius 3 is 2.13 bits per heavy atom. The van der Waals surface area contributed by atoms with Gasteiger partial charge in [0.05, 0.1) is 37.1 Å². The van der Waals surface area contributed by atoms with E-state index >= 15 is 0 Å². The largest absolute Gasteiger partial charge is 0.394 e. The molecule has 0 radical (unpaired) electrons. The number of allylic oxidation sites excluding steroid dienone is 1. The second-order valence-corrected chi connectivity index (χ2v) is 18.1. The zero-order chi connectivity index (χ0) is 38.0. The molecule has 2 aliphatic heterocycles. The Morgan fingerprint density at radius 2 is 1.48 bits per heavy atom. The zero-order valence-electron chi connectivity index (χ0n) is 31.6. The maximum Gasteiger partial charge on any atom is 0.186 e. The van der Waals surface area contributed by atoms with Gasteiger partial charge in [0.2, 0.25) is 0 Å². The summed E-state index contributed by atoms with van der Waals surface area (Å²) in [6.45, 7) is 11.9. The average molecular weight is 743 g/mol. The second kappa shape index (κ2) is 15.6. The third-order valence-corrected chi connectivity index (χ3v) is 14.7. The van der Waals surface area contributed by atoms with E-state index in [0.717, 1.165) is 31.3 Å². The predicted octanol–water partition coefficient (Wildman–Crippen LogP) is 0.977. The van der Waals surface area contributed by atoms with Gasteiger partial charge in [-0.1, -0.05) is 46.3 Å². The summed E-state index contributed by atoms with van der Waals surface area (Å²) in [4.78, 5) is 0. The summed E-state index contributed by atoms with van der Waals surface area (Å²) in [6, 6.07) is 0. The smallest absolute Gasteiger partial charge is 0.186 e. The van der Waals surface area contributed by atoms with Crippen LogP contribution in [0.5, 0.6) is 0 Å². The van der Waals surface area contributed by atoms with E-state index in [1.165, 1.54) is 0 Å². The highest BCUT2D eigenvalue weighted by Gasteiger charge is 2.65. The predicted molar refractivity (Wildman–Crippen MR) is 187 cm³/mol. The minimum atomic E-state index is -1.56.